The molecule has 1 saturated carbocycles. The van der Waals surface area contributed by atoms with Crippen LogP contribution >= 0.6 is 11.6 Å². The summed E-state index contributed by atoms with van der Waals surface area (Å²) in [5.41, 5.74) is 1.88. The molecule has 1 aliphatic rings. The van der Waals surface area contributed by atoms with Crippen molar-refractivity contribution in [2.24, 2.45) is 0 Å². The van der Waals surface area contributed by atoms with E-state index in [2.05, 4.69) is 5.32 Å². The number of rotatable bonds is 13. The van der Waals surface area contributed by atoms with Crippen molar-refractivity contribution < 1.29 is 22.7 Å². The van der Waals surface area contributed by atoms with Crippen LogP contribution < -0.4 is 14.4 Å². The van der Waals surface area contributed by atoms with Crippen LogP contribution in [0.15, 0.2) is 77.7 Å². The first-order valence-electron chi connectivity index (χ1n) is 15.3. The fourth-order valence-electron chi connectivity index (χ4n) is 5.52. The predicted octanol–water partition coefficient (Wildman–Crippen LogP) is 6.50. The van der Waals surface area contributed by atoms with Gasteiger partial charge in [0.2, 0.25) is 11.8 Å². The molecule has 44 heavy (non-hydrogen) atoms. The third kappa shape index (κ3) is 8.33. The number of benzene rings is 3. The summed E-state index contributed by atoms with van der Waals surface area (Å²) in [5.74, 6) is -0.171. The third-order valence-corrected chi connectivity index (χ3v) is 10.1. The molecule has 0 aliphatic heterocycles. The molecule has 0 bridgehead atoms. The molecule has 0 saturated heterocycles. The predicted molar refractivity (Wildman–Crippen MR) is 174 cm³/mol. The zero-order valence-electron chi connectivity index (χ0n) is 25.7. The number of sulfonamides is 1. The molecule has 0 heterocycles. The molecule has 236 valence electrons. The Morgan fingerprint density at radius 2 is 1.61 bits per heavy atom. The van der Waals surface area contributed by atoms with Gasteiger partial charge in [-0.15, -0.1) is 0 Å². The quantitative estimate of drug-likeness (QED) is 0.230. The molecule has 0 aromatic heterocycles. The summed E-state index contributed by atoms with van der Waals surface area (Å²) in [6.07, 6.45) is 5.41. The summed E-state index contributed by atoms with van der Waals surface area (Å²) in [7, 11) is -4.16. The van der Waals surface area contributed by atoms with E-state index in [-0.39, 0.29) is 23.4 Å². The standard InChI is InChI=1S/C34H42ClN3O5S/c1-4-32(34(40)36-27-12-7-6-8-13-27)37(23-26-11-9-10-14-31(26)35)33(39)24-38(28-17-19-29(20-18-28)43-5-2)44(41,42)30-21-15-25(3)16-22-30/h9-11,14-22,27,32H,4-8,12-13,23-24H2,1-3H3,(H,36,40)/t32-/m0/s1. The summed E-state index contributed by atoms with van der Waals surface area (Å²) in [6, 6.07) is 19.5. The molecular weight excluding hydrogens is 598 g/mol. The van der Waals surface area contributed by atoms with Crippen molar-refractivity contribution in [2.45, 2.75) is 82.8 Å². The van der Waals surface area contributed by atoms with E-state index in [1.54, 1.807) is 48.5 Å². The third-order valence-electron chi connectivity index (χ3n) is 7.96. The lowest BCUT2D eigenvalue weighted by molar-refractivity contribution is -0.140. The van der Waals surface area contributed by atoms with Crippen LogP contribution in [0.2, 0.25) is 5.02 Å². The van der Waals surface area contributed by atoms with Crippen molar-refractivity contribution in [2.75, 3.05) is 17.5 Å². The number of nitrogens with zero attached hydrogens (tertiary/aromatic N) is 2. The number of amides is 2. The molecule has 1 N–H and O–H groups in total. The first kappa shape index (κ1) is 33.3. The van der Waals surface area contributed by atoms with Gasteiger partial charge >= 0.3 is 0 Å². The highest BCUT2D eigenvalue weighted by molar-refractivity contribution is 7.92. The van der Waals surface area contributed by atoms with E-state index < -0.39 is 28.5 Å². The first-order valence-corrected chi connectivity index (χ1v) is 17.1. The zero-order valence-corrected chi connectivity index (χ0v) is 27.2. The molecule has 1 atom stereocenters. The van der Waals surface area contributed by atoms with Crippen LogP contribution in [0, 0.1) is 6.92 Å². The van der Waals surface area contributed by atoms with Crippen LogP contribution in [-0.2, 0) is 26.2 Å². The Kier molecular flexibility index (Phi) is 11.7. The van der Waals surface area contributed by atoms with Crippen LogP contribution in [0.1, 0.15) is 63.5 Å². The van der Waals surface area contributed by atoms with E-state index in [9.17, 15) is 18.0 Å². The number of hydrogen-bond acceptors (Lipinski definition) is 5. The summed E-state index contributed by atoms with van der Waals surface area (Å²) < 4.78 is 34.8. The lowest BCUT2D eigenvalue weighted by Gasteiger charge is -2.34. The van der Waals surface area contributed by atoms with E-state index in [0.717, 1.165) is 42.0 Å². The minimum Gasteiger partial charge on any atom is -0.494 e. The number of ether oxygens (including phenoxy) is 1. The maximum atomic E-state index is 14.3. The number of hydrogen-bond donors (Lipinski definition) is 1. The Morgan fingerprint density at radius 1 is 0.955 bits per heavy atom. The maximum absolute atomic E-state index is 14.3. The van der Waals surface area contributed by atoms with Gasteiger partial charge in [-0.2, -0.15) is 0 Å². The van der Waals surface area contributed by atoms with Crippen LogP contribution in [-0.4, -0.2) is 50.4 Å². The van der Waals surface area contributed by atoms with Gasteiger partial charge in [-0.05, 0) is 81.1 Å². The smallest absolute Gasteiger partial charge is 0.264 e. The highest BCUT2D eigenvalue weighted by Crippen LogP contribution is 2.28. The van der Waals surface area contributed by atoms with E-state index in [4.69, 9.17) is 16.3 Å². The van der Waals surface area contributed by atoms with Gasteiger partial charge in [0.15, 0.2) is 0 Å². The number of nitrogens with one attached hydrogen (secondary N) is 1. The zero-order chi connectivity index (χ0) is 31.7. The Balaban J connectivity index is 1.71. The summed E-state index contributed by atoms with van der Waals surface area (Å²) in [4.78, 5) is 29.5. The van der Waals surface area contributed by atoms with Crippen LogP contribution in [0.5, 0.6) is 5.75 Å². The van der Waals surface area contributed by atoms with E-state index in [1.807, 2.05) is 32.9 Å². The molecule has 1 fully saturated rings. The molecule has 0 spiro atoms. The van der Waals surface area contributed by atoms with Crippen LogP contribution in [0.4, 0.5) is 5.69 Å². The van der Waals surface area contributed by atoms with Crippen molar-refractivity contribution in [1.82, 2.24) is 10.2 Å². The Labute approximate surface area is 266 Å². The van der Waals surface area contributed by atoms with Gasteiger partial charge in [0.25, 0.3) is 10.0 Å². The van der Waals surface area contributed by atoms with E-state index >= 15 is 0 Å². The lowest BCUT2D eigenvalue weighted by atomic mass is 9.95. The van der Waals surface area contributed by atoms with Crippen molar-refractivity contribution in [3.05, 3.63) is 88.9 Å². The van der Waals surface area contributed by atoms with Gasteiger partial charge in [0.1, 0.15) is 18.3 Å². The normalized spacial score (nSPS) is 14.5. The van der Waals surface area contributed by atoms with Gasteiger partial charge in [-0.1, -0.05) is 73.7 Å². The topological polar surface area (TPSA) is 96.0 Å². The van der Waals surface area contributed by atoms with Gasteiger partial charge in [0.05, 0.1) is 17.2 Å². The maximum Gasteiger partial charge on any atom is 0.264 e. The van der Waals surface area contributed by atoms with Crippen molar-refractivity contribution >= 4 is 39.1 Å². The Morgan fingerprint density at radius 3 is 2.23 bits per heavy atom. The molecule has 4 rings (SSSR count). The molecule has 10 heteroatoms. The van der Waals surface area contributed by atoms with E-state index in [0.29, 0.717) is 35.1 Å². The average molecular weight is 640 g/mol. The second kappa shape index (κ2) is 15.4. The van der Waals surface area contributed by atoms with Crippen molar-refractivity contribution in [3.8, 4) is 5.75 Å². The summed E-state index contributed by atoms with van der Waals surface area (Å²) in [5, 5.41) is 3.62. The number of halogens is 1. The average Bonchev–Trinajstić information content (AvgIpc) is 3.02. The molecule has 2 amide bonds. The highest BCUT2D eigenvalue weighted by atomic mass is 35.5. The minimum atomic E-state index is -4.16. The second-order valence-corrected chi connectivity index (χ2v) is 13.4. The fraction of sp³-hybridized carbons (Fsp3) is 0.412. The van der Waals surface area contributed by atoms with Gasteiger partial charge in [-0.25, -0.2) is 8.42 Å². The number of carbonyl (C=O) groups is 2. The number of carbonyl (C=O) groups excluding carboxylic acids is 2. The monoisotopic (exact) mass is 639 g/mol. The summed E-state index contributed by atoms with van der Waals surface area (Å²) >= 11 is 6.51. The molecule has 0 unspecified atom stereocenters. The van der Waals surface area contributed by atoms with Crippen molar-refractivity contribution in [1.29, 1.82) is 0 Å². The fourth-order valence-corrected chi connectivity index (χ4v) is 7.13. The number of aryl methyl sites for hydroxylation is 1. The van der Waals surface area contributed by atoms with Crippen molar-refractivity contribution in [3.63, 3.8) is 0 Å². The molecular formula is C34H42ClN3O5S. The van der Waals surface area contributed by atoms with Crippen LogP contribution in [0.3, 0.4) is 0 Å². The molecule has 3 aromatic carbocycles. The number of anilines is 1. The van der Waals surface area contributed by atoms with Gasteiger partial charge in [-0.3, -0.25) is 13.9 Å². The Bertz CT molecular complexity index is 1510. The molecule has 0 radical (unpaired) electrons. The lowest BCUT2D eigenvalue weighted by Crippen LogP contribution is -2.54. The van der Waals surface area contributed by atoms with E-state index in [1.165, 1.54) is 17.0 Å². The SMILES string of the molecule is CCOc1ccc(N(CC(=O)N(Cc2ccccc2Cl)[C@@H](CC)C(=O)NC2CCCCC2)S(=O)(=O)c2ccc(C)cc2)cc1. The van der Waals surface area contributed by atoms with Gasteiger partial charge < -0.3 is 15.0 Å². The largest absolute Gasteiger partial charge is 0.494 e. The molecule has 1 aliphatic carbocycles. The molecule has 8 nitrogen and oxygen atoms in total. The molecule has 3 aromatic rings. The first-order chi connectivity index (χ1) is 21.1. The Hall–Kier alpha value is -3.56. The van der Waals surface area contributed by atoms with Gasteiger partial charge in [0, 0.05) is 17.6 Å². The second-order valence-electron chi connectivity index (χ2n) is 11.1. The highest BCUT2D eigenvalue weighted by Gasteiger charge is 2.34. The summed E-state index contributed by atoms with van der Waals surface area (Å²) in [6.45, 7) is 5.59. The van der Waals surface area contributed by atoms with Crippen LogP contribution in [0.25, 0.3) is 0 Å². The minimum absolute atomic E-state index is 0.0524.